The predicted octanol–water partition coefficient (Wildman–Crippen LogP) is 5.66. The van der Waals surface area contributed by atoms with Crippen molar-refractivity contribution in [2.45, 2.75) is 54.4 Å². The van der Waals surface area contributed by atoms with E-state index in [2.05, 4.69) is 89.7 Å². The number of aromatic nitrogens is 2. The van der Waals surface area contributed by atoms with E-state index >= 15 is 0 Å². The zero-order valence-corrected chi connectivity index (χ0v) is 18.3. The number of pyridine rings is 2. The molecule has 0 bridgehead atoms. The fraction of sp³-hybridized carbons (Fsp3) is 0.385. The molecule has 0 radical (unpaired) electrons. The van der Waals surface area contributed by atoms with Gasteiger partial charge in [-0.3, -0.25) is 4.98 Å². The van der Waals surface area contributed by atoms with E-state index in [1.54, 1.807) is 0 Å². The van der Waals surface area contributed by atoms with Gasteiger partial charge in [-0.25, -0.2) is 4.57 Å². The molecule has 28 heavy (non-hydrogen) atoms. The largest absolute Gasteiger partial charge is 0.257 e. The highest BCUT2D eigenvalue weighted by Crippen LogP contribution is 2.40. The molecule has 0 unspecified atom stereocenters. The number of hydrogen-bond donors (Lipinski definition) is 0. The first-order chi connectivity index (χ1) is 13.1. The molecule has 1 aromatic carbocycles. The van der Waals surface area contributed by atoms with Crippen LogP contribution in [0.15, 0.2) is 36.5 Å². The molecule has 1 aliphatic rings. The van der Waals surface area contributed by atoms with Crippen LogP contribution in [-0.2, 0) is 19.9 Å². The molecule has 0 amide bonds. The second-order valence-electron chi connectivity index (χ2n) is 9.60. The van der Waals surface area contributed by atoms with Gasteiger partial charge in [0.15, 0.2) is 6.20 Å². The lowest BCUT2D eigenvalue weighted by Crippen LogP contribution is -2.32. The fourth-order valence-electron chi connectivity index (χ4n) is 4.53. The maximum atomic E-state index is 4.79. The summed E-state index contributed by atoms with van der Waals surface area (Å²) in [6, 6.07) is 11.4. The first kappa shape index (κ1) is 18.9. The maximum Gasteiger partial charge on any atom is 0.212 e. The molecule has 2 aromatic heterocycles. The van der Waals surface area contributed by atoms with Gasteiger partial charge < -0.3 is 0 Å². The van der Waals surface area contributed by atoms with Gasteiger partial charge in [-0.2, -0.15) is 0 Å². The Balaban J connectivity index is 1.83. The first-order valence-corrected chi connectivity index (χ1v) is 10.2. The van der Waals surface area contributed by atoms with Gasteiger partial charge in [0.25, 0.3) is 0 Å². The number of aryl methyl sites for hydroxylation is 3. The highest BCUT2D eigenvalue weighted by Gasteiger charge is 2.26. The predicted molar refractivity (Wildman–Crippen MR) is 116 cm³/mol. The van der Waals surface area contributed by atoms with Crippen molar-refractivity contribution in [2.75, 3.05) is 0 Å². The number of rotatable bonds is 2. The molecule has 144 valence electrons. The number of benzene rings is 1. The standard InChI is InChI=1S/C26H31N2/c1-16-15-28(7)25(12-19(16)14-26(4,5)6)20-10-11-21-22-9-8-17(2)27-24(22)13-23(21)18(20)3/h8-12,15H,13-14H2,1-7H3/q+1. The van der Waals surface area contributed by atoms with Gasteiger partial charge >= 0.3 is 0 Å². The molecule has 0 atom stereocenters. The van der Waals surface area contributed by atoms with Gasteiger partial charge in [0.1, 0.15) is 7.05 Å². The summed E-state index contributed by atoms with van der Waals surface area (Å²) in [7, 11) is 2.16. The van der Waals surface area contributed by atoms with Crippen molar-refractivity contribution in [2.24, 2.45) is 12.5 Å². The molecule has 3 aromatic rings. The van der Waals surface area contributed by atoms with E-state index in [1.165, 1.54) is 50.3 Å². The minimum absolute atomic E-state index is 0.278. The van der Waals surface area contributed by atoms with Crippen LogP contribution in [0.4, 0.5) is 0 Å². The summed E-state index contributed by atoms with van der Waals surface area (Å²) in [4.78, 5) is 4.79. The van der Waals surface area contributed by atoms with Gasteiger partial charge in [-0.05, 0) is 67.0 Å². The molecule has 0 saturated carbocycles. The van der Waals surface area contributed by atoms with Crippen LogP contribution >= 0.6 is 0 Å². The fourth-order valence-corrected chi connectivity index (χ4v) is 4.53. The Morgan fingerprint density at radius 1 is 0.964 bits per heavy atom. The molecule has 0 fully saturated rings. The van der Waals surface area contributed by atoms with Crippen molar-refractivity contribution in [3.05, 3.63) is 70.2 Å². The van der Waals surface area contributed by atoms with Gasteiger partial charge in [0, 0.05) is 34.9 Å². The molecule has 0 N–H and O–H groups in total. The lowest BCUT2D eigenvalue weighted by Gasteiger charge is -2.20. The van der Waals surface area contributed by atoms with Crippen LogP contribution in [0.5, 0.6) is 0 Å². The van der Waals surface area contributed by atoms with E-state index in [9.17, 15) is 0 Å². The molecular formula is C26H31N2+. The average molecular weight is 372 g/mol. The Morgan fingerprint density at radius 2 is 1.64 bits per heavy atom. The molecule has 2 nitrogen and oxygen atoms in total. The third-order valence-corrected chi connectivity index (χ3v) is 5.93. The summed E-state index contributed by atoms with van der Waals surface area (Å²) >= 11 is 0. The van der Waals surface area contributed by atoms with E-state index in [-0.39, 0.29) is 5.41 Å². The van der Waals surface area contributed by atoms with E-state index in [4.69, 9.17) is 4.98 Å². The summed E-state index contributed by atoms with van der Waals surface area (Å²) in [5.74, 6) is 0. The van der Waals surface area contributed by atoms with Gasteiger partial charge in [-0.15, -0.1) is 0 Å². The van der Waals surface area contributed by atoms with Crippen LogP contribution in [0.25, 0.3) is 22.4 Å². The molecule has 2 heterocycles. The zero-order chi connectivity index (χ0) is 20.2. The monoisotopic (exact) mass is 371 g/mol. The van der Waals surface area contributed by atoms with Crippen molar-refractivity contribution >= 4 is 0 Å². The lowest BCUT2D eigenvalue weighted by molar-refractivity contribution is -0.660. The van der Waals surface area contributed by atoms with Crippen LogP contribution < -0.4 is 4.57 Å². The van der Waals surface area contributed by atoms with E-state index in [1.807, 2.05) is 0 Å². The molecular weight excluding hydrogens is 340 g/mol. The second-order valence-corrected chi connectivity index (χ2v) is 9.60. The van der Waals surface area contributed by atoms with Crippen molar-refractivity contribution in [1.82, 2.24) is 4.98 Å². The molecule has 0 spiro atoms. The molecule has 1 aliphatic carbocycles. The summed E-state index contributed by atoms with van der Waals surface area (Å²) < 4.78 is 2.28. The SMILES string of the molecule is Cc1ccc2c(n1)Cc1c-2ccc(-c2cc(CC(C)(C)C)c(C)c[n+]2C)c1C. The molecule has 0 saturated heterocycles. The lowest BCUT2D eigenvalue weighted by atomic mass is 9.86. The highest BCUT2D eigenvalue weighted by molar-refractivity contribution is 5.81. The summed E-state index contributed by atoms with van der Waals surface area (Å²) in [6.07, 6.45) is 4.31. The first-order valence-electron chi connectivity index (χ1n) is 10.2. The Hall–Kier alpha value is -2.48. The van der Waals surface area contributed by atoms with E-state index < -0.39 is 0 Å². The average Bonchev–Trinajstić information content (AvgIpc) is 2.95. The molecule has 2 heteroatoms. The zero-order valence-electron chi connectivity index (χ0n) is 18.3. The normalized spacial score (nSPS) is 12.8. The smallest absolute Gasteiger partial charge is 0.212 e. The number of fused-ring (bicyclic) bond motifs is 3. The Bertz CT molecular complexity index is 1080. The van der Waals surface area contributed by atoms with Crippen molar-refractivity contribution < 1.29 is 4.57 Å². The topological polar surface area (TPSA) is 16.8 Å². The highest BCUT2D eigenvalue weighted by atomic mass is 14.9. The molecule has 0 aliphatic heterocycles. The third-order valence-electron chi connectivity index (χ3n) is 5.93. The van der Waals surface area contributed by atoms with Crippen LogP contribution in [-0.4, -0.2) is 4.98 Å². The van der Waals surface area contributed by atoms with Crippen molar-refractivity contribution in [3.63, 3.8) is 0 Å². The molecule has 4 rings (SSSR count). The van der Waals surface area contributed by atoms with Crippen LogP contribution in [0.3, 0.4) is 0 Å². The number of hydrogen-bond acceptors (Lipinski definition) is 1. The van der Waals surface area contributed by atoms with Crippen LogP contribution in [0.1, 0.15) is 54.4 Å². The van der Waals surface area contributed by atoms with Gasteiger partial charge in [0.2, 0.25) is 5.69 Å². The number of nitrogens with zero attached hydrogens (tertiary/aromatic N) is 2. The maximum absolute atomic E-state index is 4.79. The minimum atomic E-state index is 0.278. The van der Waals surface area contributed by atoms with Gasteiger partial charge in [0.05, 0.1) is 5.69 Å². The quantitative estimate of drug-likeness (QED) is 0.416. The van der Waals surface area contributed by atoms with Crippen molar-refractivity contribution in [3.8, 4) is 22.4 Å². The second kappa shape index (κ2) is 6.55. The van der Waals surface area contributed by atoms with E-state index in [0.29, 0.717) is 0 Å². The third kappa shape index (κ3) is 3.26. The Kier molecular flexibility index (Phi) is 4.41. The van der Waals surface area contributed by atoms with Crippen LogP contribution in [0, 0.1) is 26.2 Å². The Labute approximate surface area is 169 Å². The summed E-state index contributed by atoms with van der Waals surface area (Å²) in [5.41, 5.74) is 13.5. The minimum Gasteiger partial charge on any atom is -0.257 e. The van der Waals surface area contributed by atoms with E-state index in [0.717, 1.165) is 18.5 Å². The summed E-state index contributed by atoms with van der Waals surface area (Å²) in [5, 5.41) is 0. The Morgan fingerprint density at radius 3 is 2.36 bits per heavy atom. The summed E-state index contributed by atoms with van der Waals surface area (Å²) in [6.45, 7) is 13.5. The van der Waals surface area contributed by atoms with Crippen molar-refractivity contribution in [1.29, 1.82) is 0 Å². The van der Waals surface area contributed by atoms with Crippen LogP contribution in [0.2, 0.25) is 0 Å². The van der Waals surface area contributed by atoms with Gasteiger partial charge in [-0.1, -0.05) is 32.9 Å².